The van der Waals surface area contributed by atoms with Crippen LogP contribution in [0.25, 0.3) is 21.6 Å². The van der Waals surface area contributed by atoms with E-state index in [0.717, 1.165) is 9.83 Å². The summed E-state index contributed by atoms with van der Waals surface area (Å²) in [7, 11) is 3.83. The summed E-state index contributed by atoms with van der Waals surface area (Å²) in [5.41, 5.74) is 1.49. The third-order valence-corrected chi connectivity index (χ3v) is 5.78. The number of benzene rings is 1. The van der Waals surface area contributed by atoms with Crippen LogP contribution in [-0.2, 0) is 4.74 Å². The molecular formula is C18H19ClFN5OS. The lowest BCUT2D eigenvalue weighted by Gasteiger charge is -2.31. The molecular weight excluding hydrogens is 389 g/mol. The highest BCUT2D eigenvalue weighted by atomic mass is 35.5. The van der Waals surface area contributed by atoms with Crippen molar-refractivity contribution < 1.29 is 9.13 Å². The highest BCUT2D eigenvalue weighted by Crippen LogP contribution is 2.37. The first-order valence-electron chi connectivity index (χ1n) is 8.60. The van der Waals surface area contributed by atoms with E-state index in [1.165, 1.54) is 17.4 Å². The number of ether oxygens (including phenoxy) is 1. The summed E-state index contributed by atoms with van der Waals surface area (Å²) in [5, 5.41) is 1.14. The van der Waals surface area contributed by atoms with E-state index in [1.807, 2.05) is 25.9 Å². The van der Waals surface area contributed by atoms with Crippen molar-refractivity contribution in [2.45, 2.75) is 13.0 Å². The molecule has 142 valence electrons. The van der Waals surface area contributed by atoms with Gasteiger partial charge in [0, 0.05) is 37.8 Å². The second-order valence-electron chi connectivity index (χ2n) is 6.67. The fourth-order valence-corrected chi connectivity index (χ4v) is 4.09. The fourth-order valence-electron chi connectivity index (χ4n) is 3.00. The number of anilines is 2. The van der Waals surface area contributed by atoms with Crippen molar-refractivity contribution >= 4 is 44.4 Å². The van der Waals surface area contributed by atoms with E-state index in [9.17, 15) is 4.39 Å². The van der Waals surface area contributed by atoms with Crippen LogP contribution in [0.3, 0.4) is 0 Å². The molecule has 0 saturated carbocycles. The zero-order valence-electron chi connectivity index (χ0n) is 15.2. The molecule has 4 rings (SSSR count). The van der Waals surface area contributed by atoms with Crippen LogP contribution >= 0.6 is 22.9 Å². The summed E-state index contributed by atoms with van der Waals surface area (Å²) >= 11 is 7.37. The standard InChI is InChI=1S/C18H19ClFN5OS/c1-10-9-25(6-7-26-10)17-21-14(12-5-4-11(19)8-13(12)20)15-16(22-17)23-18(27-15)24(2)3/h4-5,8,10H,6-7,9H2,1-3H3. The second-order valence-corrected chi connectivity index (χ2v) is 8.08. The molecule has 1 atom stereocenters. The average molecular weight is 408 g/mol. The third-order valence-electron chi connectivity index (χ3n) is 4.32. The van der Waals surface area contributed by atoms with Crippen LogP contribution < -0.4 is 9.80 Å². The highest BCUT2D eigenvalue weighted by molar-refractivity contribution is 7.22. The molecule has 2 aromatic heterocycles. The highest BCUT2D eigenvalue weighted by Gasteiger charge is 2.24. The first kappa shape index (κ1) is 18.3. The van der Waals surface area contributed by atoms with Crippen LogP contribution in [0.1, 0.15) is 6.92 Å². The molecule has 1 fully saturated rings. The van der Waals surface area contributed by atoms with E-state index < -0.39 is 5.82 Å². The molecule has 1 unspecified atom stereocenters. The number of fused-ring (bicyclic) bond motifs is 1. The molecule has 0 aliphatic carbocycles. The van der Waals surface area contributed by atoms with Crippen LogP contribution in [0, 0.1) is 5.82 Å². The van der Waals surface area contributed by atoms with Crippen molar-refractivity contribution in [3.8, 4) is 11.3 Å². The average Bonchev–Trinajstić information content (AvgIpc) is 3.06. The number of halogens is 2. The van der Waals surface area contributed by atoms with Crippen molar-refractivity contribution in [3.63, 3.8) is 0 Å². The monoisotopic (exact) mass is 407 g/mol. The number of aromatic nitrogens is 3. The summed E-state index contributed by atoms with van der Waals surface area (Å²) in [5.74, 6) is 0.126. The maximum absolute atomic E-state index is 14.7. The Hall–Kier alpha value is -2.03. The van der Waals surface area contributed by atoms with Gasteiger partial charge in [-0.25, -0.2) is 9.37 Å². The van der Waals surface area contributed by atoms with Crippen molar-refractivity contribution in [3.05, 3.63) is 29.0 Å². The lowest BCUT2D eigenvalue weighted by atomic mass is 10.1. The number of nitrogens with zero attached hydrogens (tertiary/aromatic N) is 5. The van der Waals surface area contributed by atoms with E-state index >= 15 is 0 Å². The molecule has 1 aliphatic rings. The van der Waals surface area contributed by atoms with Gasteiger partial charge in [-0.15, -0.1) is 0 Å². The van der Waals surface area contributed by atoms with E-state index in [2.05, 4.69) is 14.9 Å². The van der Waals surface area contributed by atoms with Gasteiger partial charge in [-0.1, -0.05) is 22.9 Å². The Morgan fingerprint density at radius 3 is 2.81 bits per heavy atom. The number of thiazole rings is 1. The molecule has 27 heavy (non-hydrogen) atoms. The maximum atomic E-state index is 14.7. The Bertz CT molecular complexity index is 995. The molecule has 1 aromatic carbocycles. The summed E-state index contributed by atoms with van der Waals surface area (Å²) in [4.78, 5) is 17.9. The van der Waals surface area contributed by atoms with Crippen LogP contribution in [0.2, 0.25) is 5.02 Å². The fraction of sp³-hybridized carbons (Fsp3) is 0.389. The first-order chi connectivity index (χ1) is 12.9. The Balaban J connectivity index is 1.91. The Labute approximate surface area is 165 Å². The molecule has 0 spiro atoms. The van der Waals surface area contributed by atoms with Gasteiger partial charge in [0.05, 0.1) is 18.4 Å². The number of hydrogen-bond acceptors (Lipinski definition) is 7. The second kappa shape index (κ2) is 7.18. The molecule has 0 bridgehead atoms. The predicted octanol–water partition coefficient (Wildman–Crippen LogP) is 3.84. The van der Waals surface area contributed by atoms with Gasteiger partial charge in [-0.3, -0.25) is 0 Å². The van der Waals surface area contributed by atoms with E-state index in [1.54, 1.807) is 12.1 Å². The van der Waals surface area contributed by atoms with Gasteiger partial charge < -0.3 is 14.5 Å². The molecule has 0 N–H and O–H groups in total. The minimum Gasteiger partial charge on any atom is -0.375 e. The number of hydrogen-bond donors (Lipinski definition) is 0. The Kier molecular flexibility index (Phi) is 4.88. The lowest BCUT2D eigenvalue weighted by Crippen LogP contribution is -2.42. The molecule has 3 aromatic rings. The quantitative estimate of drug-likeness (QED) is 0.657. The van der Waals surface area contributed by atoms with Gasteiger partial charge >= 0.3 is 0 Å². The first-order valence-corrected chi connectivity index (χ1v) is 9.79. The maximum Gasteiger partial charge on any atom is 0.228 e. The largest absolute Gasteiger partial charge is 0.375 e. The summed E-state index contributed by atoms with van der Waals surface area (Å²) < 4.78 is 21.0. The van der Waals surface area contributed by atoms with Crippen LogP contribution in [0.5, 0.6) is 0 Å². The minimum absolute atomic E-state index is 0.0848. The molecule has 6 nitrogen and oxygen atoms in total. The molecule has 1 saturated heterocycles. The Morgan fingerprint density at radius 2 is 2.11 bits per heavy atom. The lowest BCUT2D eigenvalue weighted by molar-refractivity contribution is 0.0526. The van der Waals surface area contributed by atoms with Gasteiger partial charge in [0.15, 0.2) is 10.8 Å². The van der Waals surface area contributed by atoms with Crippen LogP contribution in [0.15, 0.2) is 18.2 Å². The van der Waals surface area contributed by atoms with Crippen molar-refractivity contribution in [1.29, 1.82) is 0 Å². The van der Waals surface area contributed by atoms with Gasteiger partial charge in [0.25, 0.3) is 0 Å². The van der Waals surface area contributed by atoms with Crippen molar-refractivity contribution in [1.82, 2.24) is 15.0 Å². The summed E-state index contributed by atoms with van der Waals surface area (Å²) in [6.45, 7) is 3.98. The SMILES string of the molecule is CC1CN(c2nc(-c3ccc(Cl)cc3F)c3sc(N(C)C)nc3n2)CCO1. The molecule has 9 heteroatoms. The smallest absolute Gasteiger partial charge is 0.228 e. The van der Waals surface area contributed by atoms with Crippen LogP contribution in [-0.4, -0.2) is 54.8 Å². The van der Waals surface area contributed by atoms with Crippen molar-refractivity contribution in [2.75, 3.05) is 43.6 Å². The number of morpholine rings is 1. The van der Waals surface area contributed by atoms with Gasteiger partial charge in [-0.05, 0) is 25.1 Å². The molecule has 1 aliphatic heterocycles. The zero-order chi connectivity index (χ0) is 19.1. The van der Waals surface area contributed by atoms with E-state index in [-0.39, 0.29) is 6.10 Å². The van der Waals surface area contributed by atoms with Gasteiger partial charge in [0.2, 0.25) is 5.95 Å². The van der Waals surface area contributed by atoms with E-state index in [0.29, 0.717) is 47.6 Å². The topological polar surface area (TPSA) is 54.4 Å². The predicted molar refractivity (Wildman–Crippen MR) is 108 cm³/mol. The van der Waals surface area contributed by atoms with Crippen LogP contribution in [0.4, 0.5) is 15.5 Å². The third kappa shape index (κ3) is 3.56. The minimum atomic E-state index is -0.413. The molecule has 3 heterocycles. The van der Waals surface area contributed by atoms with E-state index in [4.69, 9.17) is 21.3 Å². The molecule has 0 amide bonds. The van der Waals surface area contributed by atoms with Gasteiger partial charge in [-0.2, -0.15) is 9.97 Å². The summed E-state index contributed by atoms with van der Waals surface area (Å²) in [6, 6.07) is 4.62. The number of rotatable bonds is 3. The van der Waals surface area contributed by atoms with Crippen molar-refractivity contribution in [2.24, 2.45) is 0 Å². The zero-order valence-corrected chi connectivity index (χ0v) is 16.8. The Morgan fingerprint density at radius 1 is 1.30 bits per heavy atom. The summed E-state index contributed by atoms with van der Waals surface area (Å²) in [6.07, 6.45) is 0.0848. The molecule has 0 radical (unpaired) electrons. The normalized spacial score (nSPS) is 17.5. The van der Waals surface area contributed by atoms with Gasteiger partial charge in [0.1, 0.15) is 10.5 Å².